The third-order valence-electron chi connectivity index (χ3n) is 2.67. The molecule has 1 N–H and O–H groups in total. The zero-order valence-electron chi connectivity index (χ0n) is 12.0. The van der Waals surface area contributed by atoms with Gasteiger partial charge in [-0.15, -0.1) is 0 Å². The molecule has 21 heavy (non-hydrogen) atoms. The van der Waals surface area contributed by atoms with E-state index in [0.717, 1.165) is 12.1 Å². The molecular formula is C13H18F3NO3S. The van der Waals surface area contributed by atoms with E-state index in [4.69, 9.17) is 4.74 Å². The van der Waals surface area contributed by atoms with E-state index in [1.807, 2.05) is 0 Å². The molecule has 0 saturated carbocycles. The quantitative estimate of drug-likeness (QED) is 0.784. The van der Waals surface area contributed by atoms with E-state index in [0.29, 0.717) is 0 Å². The third-order valence-corrected chi connectivity index (χ3v) is 4.08. The molecular weight excluding hydrogens is 307 g/mol. The van der Waals surface area contributed by atoms with Gasteiger partial charge in [-0.3, -0.25) is 0 Å². The number of ether oxygens (including phenoxy) is 1. The number of nitrogens with one attached hydrogen (secondary N) is 1. The lowest BCUT2D eigenvalue weighted by Gasteiger charge is -2.15. The van der Waals surface area contributed by atoms with Gasteiger partial charge in [-0.05, 0) is 38.5 Å². The summed E-state index contributed by atoms with van der Waals surface area (Å²) in [4.78, 5) is 0. The van der Waals surface area contributed by atoms with Gasteiger partial charge in [0.2, 0.25) is 10.0 Å². The zero-order chi connectivity index (χ0) is 16.2. The Morgan fingerprint density at radius 2 is 1.67 bits per heavy atom. The maximum atomic E-state index is 13.1. The van der Waals surface area contributed by atoms with Gasteiger partial charge in [-0.1, -0.05) is 0 Å². The van der Waals surface area contributed by atoms with Crippen LogP contribution in [0.2, 0.25) is 0 Å². The summed E-state index contributed by atoms with van der Waals surface area (Å²) in [6.45, 7) is 4.96. The van der Waals surface area contributed by atoms with Crippen LogP contribution in [0.5, 0.6) is 0 Å². The average Bonchev–Trinajstić information content (AvgIpc) is 2.33. The summed E-state index contributed by atoms with van der Waals surface area (Å²) in [6.07, 6.45) is -0.0992. The molecule has 0 unspecified atom stereocenters. The molecule has 0 aliphatic rings. The zero-order valence-corrected chi connectivity index (χ0v) is 12.8. The third kappa shape index (κ3) is 5.64. The Balaban J connectivity index is 2.74. The summed E-state index contributed by atoms with van der Waals surface area (Å²) in [7, 11) is -3.67. The number of rotatable bonds is 7. The van der Waals surface area contributed by atoms with E-state index in [1.54, 1.807) is 13.8 Å². The van der Waals surface area contributed by atoms with Crippen molar-refractivity contribution < 1.29 is 26.3 Å². The van der Waals surface area contributed by atoms with E-state index in [9.17, 15) is 21.6 Å². The van der Waals surface area contributed by atoms with Gasteiger partial charge in [-0.2, -0.15) is 0 Å². The van der Waals surface area contributed by atoms with Crippen LogP contribution in [0, 0.1) is 17.5 Å². The first-order chi connectivity index (χ1) is 9.62. The molecule has 1 rings (SSSR count). The van der Waals surface area contributed by atoms with E-state index >= 15 is 0 Å². The molecule has 8 heteroatoms. The first kappa shape index (κ1) is 17.9. The molecule has 0 aliphatic heterocycles. The number of benzene rings is 1. The van der Waals surface area contributed by atoms with Crippen LogP contribution < -0.4 is 4.72 Å². The Morgan fingerprint density at radius 3 is 2.14 bits per heavy atom. The van der Waals surface area contributed by atoms with Crippen molar-refractivity contribution in [2.75, 3.05) is 12.4 Å². The second-order valence-corrected chi connectivity index (χ2v) is 6.75. The normalized spacial score (nSPS) is 13.7. The van der Waals surface area contributed by atoms with E-state index in [1.165, 1.54) is 6.92 Å². The topological polar surface area (TPSA) is 55.4 Å². The molecule has 0 fully saturated rings. The summed E-state index contributed by atoms with van der Waals surface area (Å²) in [5, 5.41) is 0. The van der Waals surface area contributed by atoms with Crippen molar-refractivity contribution in [1.29, 1.82) is 0 Å². The van der Waals surface area contributed by atoms with Crippen LogP contribution in [0.25, 0.3) is 0 Å². The number of hydrogen-bond acceptors (Lipinski definition) is 3. The standard InChI is InChI=1S/C13H18F3NO3S/c1-8(2)20-4-5-21(18,19)17-9(3)10-6-11(14)13(16)12(15)7-10/h6-9,17H,4-5H2,1-3H3/t9-/m1/s1. The lowest BCUT2D eigenvalue weighted by atomic mass is 10.1. The van der Waals surface area contributed by atoms with Gasteiger partial charge in [0, 0.05) is 6.04 Å². The molecule has 0 saturated heterocycles. The van der Waals surface area contributed by atoms with Gasteiger partial charge in [0.15, 0.2) is 17.5 Å². The lowest BCUT2D eigenvalue weighted by Crippen LogP contribution is -2.31. The Kier molecular flexibility index (Phi) is 6.18. The predicted octanol–water partition coefficient (Wildman–Crippen LogP) is 2.51. The number of halogens is 3. The molecule has 0 aromatic heterocycles. The molecule has 1 aromatic carbocycles. The molecule has 120 valence electrons. The fraction of sp³-hybridized carbons (Fsp3) is 0.538. The first-order valence-corrected chi connectivity index (χ1v) is 8.03. The van der Waals surface area contributed by atoms with Crippen LogP contribution in [0.3, 0.4) is 0 Å². The fourth-order valence-corrected chi connectivity index (χ4v) is 2.72. The highest BCUT2D eigenvalue weighted by Gasteiger charge is 2.19. The molecule has 4 nitrogen and oxygen atoms in total. The van der Waals surface area contributed by atoms with Crippen LogP contribution in [-0.4, -0.2) is 26.9 Å². The van der Waals surface area contributed by atoms with Gasteiger partial charge in [-0.25, -0.2) is 26.3 Å². The minimum atomic E-state index is -3.67. The number of sulfonamides is 1. The summed E-state index contributed by atoms with van der Waals surface area (Å²) in [5.41, 5.74) is -0.000229. The Labute approximate surface area is 122 Å². The van der Waals surface area contributed by atoms with Crippen molar-refractivity contribution in [3.8, 4) is 0 Å². The molecule has 1 aromatic rings. The monoisotopic (exact) mass is 325 g/mol. The van der Waals surface area contributed by atoms with Crippen LogP contribution >= 0.6 is 0 Å². The van der Waals surface area contributed by atoms with Crippen molar-refractivity contribution in [2.24, 2.45) is 0 Å². The molecule has 0 radical (unpaired) electrons. The van der Waals surface area contributed by atoms with E-state index < -0.39 is 33.5 Å². The highest BCUT2D eigenvalue weighted by molar-refractivity contribution is 7.89. The van der Waals surface area contributed by atoms with Crippen LogP contribution in [0.15, 0.2) is 12.1 Å². The minimum Gasteiger partial charge on any atom is -0.378 e. The van der Waals surface area contributed by atoms with E-state index in [-0.39, 0.29) is 24.0 Å². The Bertz CT molecular complexity index is 567. The summed E-state index contributed by atoms with van der Waals surface area (Å²) < 4.78 is 70.0. The maximum Gasteiger partial charge on any atom is 0.214 e. The highest BCUT2D eigenvalue weighted by atomic mass is 32.2. The summed E-state index contributed by atoms with van der Waals surface area (Å²) in [5.74, 6) is -4.58. The molecule has 0 aliphatic carbocycles. The summed E-state index contributed by atoms with van der Waals surface area (Å²) in [6, 6.07) is 0.630. The second kappa shape index (κ2) is 7.24. The SMILES string of the molecule is CC(C)OCCS(=O)(=O)N[C@H](C)c1cc(F)c(F)c(F)c1. The van der Waals surface area contributed by atoms with Crippen molar-refractivity contribution in [3.63, 3.8) is 0 Å². The van der Waals surface area contributed by atoms with E-state index in [2.05, 4.69) is 4.72 Å². The van der Waals surface area contributed by atoms with Gasteiger partial charge in [0.25, 0.3) is 0 Å². The molecule has 0 heterocycles. The van der Waals surface area contributed by atoms with Gasteiger partial charge < -0.3 is 4.74 Å². The van der Waals surface area contributed by atoms with Gasteiger partial charge >= 0.3 is 0 Å². The second-order valence-electron chi connectivity index (χ2n) is 4.88. The Hall–Kier alpha value is -1.12. The maximum absolute atomic E-state index is 13.1. The van der Waals surface area contributed by atoms with Gasteiger partial charge in [0.05, 0.1) is 18.5 Å². The first-order valence-electron chi connectivity index (χ1n) is 6.38. The molecule has 0 spiro atoms. The average molecular weight is 325 g/mol. The molecule has 1 atom stereocenters. The smallest absolute Gasteiger partial charge is 0.214 e. The predicted molar refractivity (Wildman–Crippen MR) is 72.7 cm³/mol. The van der Waals surface area contributed by atoms with Crippen LogP contribution in [-0.2, 0) is 14.8 Å². The highest BCUT2D eigenvalue weighted by Crippen LogP contribution is 2.19. The van der Waals surface area contributed by atoms with Crippen molar-refractivity contribution in [1.82, 2.24) is 4.72 Å². The van der Waals surface area contributed by atoms with Crippen LogP contribution in [0.4, 0.5) is 13.2 Å². The minimum absolute atomic E-state index is 0.000229. The van der Waals surface area contributed by atoms with Crippen LogP contribution in [0.1, 0.15) is 32.4 Å². The summed E-state index contributed by atoms with van der Waals surface area (Å²) >= 11 is 0. The lowest BCUT2D eigenvalue weighted by molar-refractivity contribution is 0.0911. The van der Waals surface area contributed by atoms with Crippen molar-refractivity contribution in [3.05, 3.63) is 35.1 Å². The Morgan fingerprint density at radius 1 is 1.14 bits per heavy atom. The largest absolute Gasteiger partial charge is 0.378 e. The fourth-order valence-electron chi connectivity index (χ4n) is 1.61. The molecule has 0 amide bonds. The molecule has 0 bridgehead atoms. The van der Waals surface area contributed by atoms with Gasteiger partial charge in [0.1, 0.15) is 0 Å². The van der Waals surface area contributed by atoms with Crippen molar-refractivity contribution >= 4 is 10.0 Å². The van der Waals surface area contributed by atoms with Crippen molar-refractivity contribution in [2.45, 2.75) is 32.9 Å². The number of hydrogen-bond donors (Lipinski definition) is 1.